The molecule has 132 valence electrons. The number of methoxy groups -OCH3 is 1. The van der Waals surface area contributed by atoms with Crippen LogP contribution in [-0.2, 0) is 0 Å². The molecule has 0 atom stereocenters. The van der Waals surface area contributed by atoms with Crippen molar-refractivity contribution in [3.63, 3.8) is 0 Å². The topological polar surface area (TPSA) is 63.7 Å². The first-order valence-electron chi connectivity index (χ1n) is 8.29. The average molecular weight is 375 g/mol. The fourth-order valence-electron chi connectivity index (χ4n) is 3.06. The standard InChI is InChI=1S/C21H15ClN4O/c1-13-3-5-16-18(26-8-7-24-12-26)10-17(25-21(16)20(13)22)14-4-6-19(27-2)15(9-14)11-23/h3-10,12H,1-2H3. The second-order valence-electron chi connectivity index (χ2n) is 6.12. The lowest BCUT2D eigenvalue weighted by Crippen LogP contribution is -1.98. The van der Waals surface area contributed by atoms with E-state index >= 15 is 0 Å². The van der Waals surface area contributed by atoms with Gasteiger partial charge in [0.2, 0.25) is 0 Å². The minimum absolute atomic E-state index is 0.455. The highest BCUT2D eigenvalue weighted by Gasteiger charge is 2.14. The highest BCUT2D eigenvalue weighted by atomic mass is 35.5. The third-order valence-electron chi connectivity index (χ3n) is 4.49. The molecule has 0 saturated heterocycles. The van der Waals surface area contributed by atoms with Crippen molar-refractivity contribution in [3.8, 4) is 28.8 Å². The Morgan fingerprint density at radius 2 is 2.04 bits per heavy atom. The van der Waals surface area contributed by atoms with E-state index in [1.165, 1.54) is 0 Å². The van der Waals surface area contributed by atoms with Crippen LogP contribution in [0, 0.1) is 18.3 Å². The quantitative estimate of drug-likeness (QED) is 0.510. The number of rotatable bonds is 3. The Morgan fingerprint density at radius 1 is 1.19 bits per heavy atom. The molecule has 5 nitrogen and oxygen atoms in total. The van der Waals surface area contributed by atoms with Crippen LogP contribution in [0.5, 0.6) is 5.75 Å². The molecule has 4 aromatic rings. The summed E-state index contributed by atoms with van der Waals surface area (Å²) in [7, 11) is 1.55. The van der Waals surface area contributed by atoms with Crippen LogP contribution in [0.25, 0.3) is 27.8 Å². The number of pyridine rings is 1. The first-order chi connectivity index (χ1) is 13.1. The van der Waals surface area contributed by atoms with Crippen LogP contribution < -0.4 is 4.74 Å². The summed E-state index contributed by atoms with van der Waals surface area (Å²) in [6.45, 7) is 1.95. The normalized spacial score (nSPS) is 10.7. The van der Waals surface area contributed by atoms with Gasteiger partial charge in [0.15, 0.2) is 0 Å². The monoisotopic (exact) mass is 374 g/mol. The number of hydrogen-bond donors (Lipinski definition) is 0. The first-order valence-corrected chi connectivity index (χ1v) is 8.67. The SMILES string of the molecule is COc1ccc(-c2cc(-n3ccnc3)c3ccc(C)c(Cl)c3n2)cc1C#N. The fraction of sp³-hybridized carbons (Fsp3) is 0.0952. The van der Waals surface area contributed by atoms with Crippen molar-refractivity contribution in [1.29, 1.82) is 5.26 Å². The molecule has 0 aliphatic heterocycles. The molecule has 0 N–H and O–H groups in total. The Morgan fingerprint density at radius 3 is 2.74 bits per heavy atom. The van der Waals surface area contributed by atoms with Crippen molar-refractivity contribution in [2.24, 2.45) is 0 Å². The highest BCUT2D eigenvalue weighted by molar-refractivity contribution is 6.36. The van der Waals surface area contributed by atoms with Crippen LogP contribution in [0.4, 0.5) is 0 Å². The molecule has 0 saturated carbocycles. The maximum absolute atomic E-state index is 9.39. The number of hydrogen-bond acceptors (Lipinski definition) is 4. The van der Waals surface area contributed by atoms with Crippen LogP contribution >= 0.6 is 11.6 Å². The molecule has 0 spiro atoms. The third-order valence-corrected chi connectivity index (χ3v) is 4.97. The zero-order valence-electron chi connectivity index (χ0n) is 14.8. The van der Waals surface area contributed by atoms with E-state index < -0.39 is 0 Å². The summed E-state index contributed by atoms with van der Waals surface area (Å²) in [5.74, 6) is 0.533. The number of aromatic nitrogens is 3. The summed E-state index contributed by atoms with van der Waals surface area (Å²) in [5, 5.41) is 10.9. The van der Waals surface area contributed by atoms with E-state index in [0.717, 1.165) is 27.9 Å². The van der Waals surface area contributed by atoms with E-state index in [2.05, 4.69) is 11.1 Å². The van der Waals surface area contributed by atoms with Crippen LogP contribution in [-0.4, -0.2) is 21.6 Å². The number of halogens is 1. The Bertz CT molecular complexity index is 1190. The smallest absolute Gasteiger partial charge is 0.136 e. The lowest BCUT2D eigenvalue weighted by molar-refractivity contribution is 0.413. The summed E-state index contributed by atoms with van der Waals surface area (Å²) in [5.41, 5.74) is 4.58. The lowest BCUT2D eigenvalue weighted by atomic mass is 10.0. The molecular weight excluding hydrogens is 360 g/mol. The highest BCUT2D eigenvalue weighted by Crippen LogP contribution is 2.34. The number of ether oxygens (including phenoxy) is 1. The van der Waals surface area contributed by atoms with Gasteiger partial charge >= 0.3 is 0 Å². The van der Waals surface area contributed by atoms with Gasteiger partial charge in [-0.1, -0.05) is 23.7 Å². The summed E-state index contributed by atoms with van der Waals surface area (Å²) in [6, 6.07) is 13.6. The predicted octanol–water partition coefficient (Wildman–Crippen LogP) is 4.93. The lowest BCUT2D eigenvalue weighted by Gasteiger charge is -2.13. The molecule has 0 aliphatic carbocycles. The van der Waals surface area contributed by atoms with Gasteiger partial charge in [-0.25, -0.2) is 9.97 Å². The van der Waals surface area contributed by atoms with Gasteiger partial charge in [0.05, 0.1) is 40.9 Å². The molecule has 2 heterocycles. The first kappa shape index (κ1) is 17.1. The van der Waals surface area contributed by atoms with Crippen molar-refractivity contribution >= 4 is 22.5 Å². The zero-order valence-corrected chi connectivity index (χ0v) is 15.5. The van der Waals surface area contributed by atoms with Gasteiger partial charge in [-0.2, -0.15) is 5.26 Å². The van der Waals surface area contributed by atoms with E-state index in [-0.39, 0.29) is 0 Å². The van der Waals surface area contributed by atoms with E-state index in [1.807, 2.05) is 42.0 Å². The number of benzene rings is 2. The second kappa shape index (κ2) is 6.75. The number of imidazole rings is 1. The van der Waals surface area contributed by atoms with Gasteiger partial charge in [0.1, 0.15) is 11.8 Å². The Hall–Kier alpha value is -3.36. The van der Waals surface area contributed by atoms with E-state index in [4.69, 9.17) is 21.3 Å². The molecular formula is C21H15ClN4O. The molecule has 0 aliphatic rings. The molecule has 27 heavy (non-hydrogen) atoms. The molecule has 0 amide bonds. The fourth-order valence-corrected chi connectivity index (χ4v) is 3.27. The summed E-state index contributed by atoms with van der Waals surface area (Å²) in [6.07, 6.45) is 5.34. The van der Waals surface area contributed by atoms with Gasteiger partial charge < -0.3 is 9.30 Å². The van der Waals surface area contributed by atoms with Crippen molar-refractivity contribution in [3.05, 3.63) is 71.3 Å². The van der Waals surface area contributed by atoms with Crippen LogP contribution in [0.1, 0.15) is 11.1 Å². The van der Waals surface area contributed by atoms with E-state index in [0.29, 0.717) is 21.9 Å². The summed E-state index contributed by atoms with van der Waals surface area (Å²) < 4.78 is 7.16. The molecule has 0 fully saturated rings. The van der Waals surface area contributed by atoms with Gasteiger partial charge in [0, 0.05) is 23.3 Å². The molecule has 0 bridgehead atoms. The number of nitrogens with zero attached hydrogens (tertiary/aromatic N) is 4. The van der Waals surface area contributed by atoms with Crippen LogP contribution in [0.2, 0.25) is 5.02 Å². The maximum atomic E-state index is 9.39. The minimum atomic E-state index is 0.455. The summed E-state index contributed by atoms with van der Waals surface area (Å²) in [4.78, 5) is 8.94. The van der Waals surface area contributed by atoms with Crippen molar-refractivity contribution in [2.75, 3.05) is 7.11 Å². The van der Waals surface area contributed by atoms with Crippen molar-refractivity contribution in [1.82, 2.24) is 14.5 Å². The van der Waals surface area contributed by atoms with E-state index in [1.54, 1.807) is 31.8 Å². The van der Waals surface area contributed by atoms with Gasteiger partial charge in [-0.05, 0) is 36.8 Å². The van der Waals surface area contributed by atoms with Gasteiger partial charge in [-0.3, -0.25) is 0 Å². The molecule has 6 heteroatoms. The molecule has 4 rings (SSSR count). The third kappa shape index (κ3) is 2.90. The van der Waals surface area contributed by atoms with Crippen LogP contribution in [0.15, 0.2) is 55.1 Å². The number of aryl methyl sites for hydroxylation is 1. The van der Waals surface area contributed by atoms with Crippen molar-refractivity contribution in [2.45, 2.75) is 6.92 Å². The zero-order chi connectivity index (χ0) is 19.0. The molecule has 2 aromatic carbocycles. The minimum Gasteiger partial charge on any atom is -0.495 e. The Balaban J connectivity index is 2.02. The van der Waals surface area contributed by atoms with Crippen LogP contribution in [0.3, 0.4) is 0 Å². The Kier molecular flexibility index (Phi) is 4.27. The van der Waals surface area contributed by atoms with E-state index in [9.17, 15) is 5.26 Å². The molecule has 0 radical (unpaired) electrons. The molecule has 2 aromatic heterocycles. The van der Waals surface area contributed by atoms with Gasteiger partial charge in [0.25, 0.3) is 0 Å². The van der Waals surface area contributed by atoms with Gasteiger partial charge in [-0.15, -0.1) is 0 Å². The Labute approximate surface area is 161 Å². The second-order valence-corrected chi connectivity index (χ2v) is 6.49. The maximum Gasteiger partial charge on any atom is 0.136 e. The largest absolute Gasteiger partial charge is 0.495 e. The molecule has 0 unspecified atom stereocenters. The van der Waals surface area contributed by atoms with Crippen molar-refractivity contribution < 1.29 is 4.74 Å². The number of nitriles is 1. The predicted molar refractivity (Wildman–Crippen MR) is 105 cm³/mol. The number of fused-ring (bicyclic) bond motifs is 1. The summed E-state index contributed by atoms with van der Waals surface area (Å²) >= 11 is 6.57. The average Bonchev–Trinajstić information content (AvgIpc) is 3.24.